The number of nitrogens with zero attached hydrogens (tertiary/aromatic N) is 1. The molecule has 0 aliphatic carbocycles. The van der Waals surface area contributed by atoms with E-state index in [9.17, 15) is 14.9 Å². The third-order valence-corrected chi connectivity index (χ3v) is 5.91. The van der Waals surface area contributed by atoms with Crippen LogP contribution in [0.1, 0.15) is 28.4 Å². The minimum absolute atomic E-state index is 0.0458. The highest BCUT2D eigenvalue weighted by atomic mass is 35.5. The summed E-state index contributed by atoms with van der Waals surface area (Å²) in [6, 6.07) is 6.46. The fourth-order valence-corrected chi connectivity index (χ4v) is 4.53. The van der Waals surface area contributed by atoms with E-state index in [-0.39, 0.29) is 28.9 Å². The number of methoxy groups -OCH3 is 3. The third kappa shape index (κ3) is 4.06. The summed E-state index contributed by atoms with van der Waals surface area (Å²) >= 11 is 7.79. The number of halogens is 1. The van der Waals surface area contributed by atoms with Crippen molar-refractivity contribution >= 4 is 35.0 Å². The molecule has 0 fully saturated rings. The molecule has 2 aromatic rings. The van der Waals surface area contributed by atoms with Crippen molar-refractivity contribution in [1.82, 2.24) is 5.32 Å². The van der Waals surface area contributed by atoms with Gasteiger partial charge in [0, 0.05) is 21.7 Å². The van der Waals surface area contributed by atoms with Gasteiger partial charge in [-0.1, -0.05) is 11.6 Å². The van der Waals surface area contributed by atoms with Gasteiger partial charge in [-0.25, -0.2) is 0 Å². The van der Waals surface area contributed by atoms with Gasteiger partial charge >= 0.3 is 5.69 Å². The molecule has 0 aromatic heterocycles. The molecule has 0 radical (unpaired) electrons. The fraction of sp³-hybridized carbons (Fsp3) is 0.316. The van der Waals surface area contributed by atoms with Gasteiger partial charge in [0.05, 0.1) is 32.3 Å². The third-order valence-electron chi connectivity index (χ3n) is 4.55. The summed E-state index contributed by atoms with van der Waals surface area (Å²) in [5.41, 5.74) is 0.225. The Kier molecular flexibility index (Phi) is 6.39. The first-order valence-electron chi connectivity index (χ1n) is 8.61. The molecule has 29 heavy (non-hydrogen) atoms. The number of amides is 1. The fourth-order valence-electron chi connectivity index (χ4n) is 3.25. The van der Waals surface area contributed by atoms with Crippen LogP contribution in [0, 0.1) is 10.1 Å². The quantitative estimate of drug-likeness (QED) is 0.531. The average Bonchev–Trinajstić information content (AvgIpc) is 2.72. The minimum Gasteiger partial charge on any atom is -0.493 e. The molecular formula is C19H19ClN2O6S. The molecule has 1 amide bonds. The largest absolute Gasteiger partial charge is 0.493 e. The molecule has 0 saturated heterocycles. The number of rotatable bonds is 6. The summed E-state index contributed by atoms with van der Waals surface area (Å²) in [6.07, 6.45) is 0.669. The first kappa shape index (κ1) is 21.1. The molecule has 8 nitrogen and oxygen atoms in total. The number of carbonyl (C=O) groups excluding carboxylic acids is 1. The molecule has 1 atom stereocenters. The van der Waals surface area contributed by atoms with Crippen LogP contribution in [-0.2, 0) is 0 Å². The molecule has 0 spiro atoms. The number of fused-ring (bicyclic) bond motifs is 1. The molecule has 1 aliphatic heterocycles. The van der Waals surface area contributed by atoms with Crippen molar-refractivity contribution in [2.75, 3.05) is 27.1 Å². The van der Waals surface area contributed by atoms with Gasteiger partial charge in [-0.15, -0.1) is 11.8 Å². The molecular weight excluding hydrogens is 420 g/mol. The van der Waals surface area contributed by atoms with Gasteiger partial charge in [0.15, 0.2) is 5.75 Å². The topological polar surface area (TPSA) is 99.9 Å². The summed E-state index contributed by atoms with van der Waals surface area (Å²) in [6.45, 7) is 0. The second kappa shape index (κ2) is 8.79. The summed E-state index contributed by atoms with van der Waals surface area (Å²) < 4.78 is 15.6. The molecule has 1 N–H and O–H groups in total. The summed E-state index contributed by atoms with van der Waals surface area (Å²) in [4.78, 5) is 25.1. The Balaban J connectivity index is 2.04. The first-order chi connectivity index (χ1) is 13.9. The Morgan fingerprint density at radius 1 is 1.21 bits per heavy atom. The predicted octanol–water partition coefficient (Wildman–Crippen LogP) is 4.24. The first-order valence-corrected chi connectivity index (χ1v) is 9.98. The Bertz CT molecular complexity index is 968. The number of nitro groups is 1. The maximum absolute atomic E-state index is 13.1. The van der Waals surface area contributed by atoms with Gasteiger partial charge in [-0.3, -0.25) is 14.9 Å². The standard InChI is InChI=1S/C19H19ClN2O6S/c1-26-14-9-12(16(22(24)25)18(28-3)17(14)27-2)19(23)21-13-6-7-29-15-5-4-10(20)8-11(13)15/h4-5,8-9,13H,6-7H2,1-3H3,(H,21,23). The lowest BCUT2D eigenvalue weighted by molar-refractivity contribution is -0.386. The monoisotopic (exact) mass is 438 g/mol. The second-order valence-electron chi connectivity index (χ2n) is 6.14. The van der Waals surface area contributed by atoms with Crippen molar-refractivity contribution in [3.8, 4) is 17.2 Å². The summed E-state index contributed by atoms with van der Waals surface area (Å²) in [5, 5.41) is 15.2. The van der Waals surface area contributed by atoms with Crippen LogP contribution in [0.25, 0.3) is 0 Å². The molecule has 10 heteroatoms. The zero-order chi connectivity index (χ0) is 21.1. The van der Waals surface area contributed by atoms with Crippen LogP contribution in [0.5, 0.6) is 17.2 Å². The van der Waals surface area contributed by atoms with Crippen molar-refractivity contribution in [3.05, 3.63) is 50.5 Å². The SMILES string of the molecule is COc1cc(C(=O)NC2CCSc3ccc(Cl)cc32)c([N+](=O)[O-])c(OC)c1OC. The number of nitrogens with one attached hydrogen (secondary N) is 1. The Morgan fingerprint density at radius 3 is 2.55 bits per heavy atom. The maximum Gasteiger partial charge on any atom is 0.327 e. The van der Waals surface area contributed by atoms with Crippen molar-refractivity contribution in [1.29, 1.82) is 0 Å². The van der Waals surface area contributed by atoms with E-state index in [1.807, 2.05) is 6.07 Å². The smallest absolute Gasteiger partial charge is 0.327 e. The highest BCUT2D eigenvalue weighted by Crippen LogP contribution is 2.46. The van der Waals surface area contributed by atoms with Crippen molar-refractivity contribution in [2.24, 2.45) is 0 Å². The molecule has 3 rings (SSSR count). The summed E-state index contributed by atoms with van der Waals surface area (Å²) in [5.74, 6) is 0.215. The van der Waals surface area contributed by atoms with Gasteiger partial charge in [0.1, 0.15) is 5.56 Å². The number of hydrogen-bond donors (Lipinski definition) is 1. The molecule has 1 unspecified atom stereocenters. The van der Waals surface area contributed by atoms with Gasteiger partial charge < -0.3 is 19.5 Å². The van der Waals surface area contributed by atoms with E-state index >= 15 is 0 Å². The maximum atomic E-state index is 13.1. The number of carbonyl (C=O) groups is 1. The number of hydrogen-bond acceptors (Lipinski definition) is 7. The number of benzene rings is 2. The Labute approximate surface area is 176 Å². The normalized spacial score (nSPS) is 15.2. The van der Waals surface area contributed by atoms with E-state index in [1.165, 1.54) is 27.4 Å². The lowest BCUT2D eigenvalue weighted by Crippen LogP contribution is -2.31. The highest BCUT2D eigenvalue weighted by Gasteiger charge is 2.34. The van der Waals surface area contributed by atoms with E-state index in [0.717, 1.165) is 16.2 Å². The minimum atomic E-state index is -0.669. The molecule has 0 saturated carbocycles. The van der Waals surface area contributed by atoms with Crippen LogP contribution in [0.2, 0.25) is 5.02 Å². The lowest BCUT2D eigenvalue weighted by Gasteiger charge is -2.26. The van der Waals surface area contributed by atoms with Crippen molar-refractivity contribution < 1.29 is 23.9 Å². The van der Waals surface area contributed by atoms with Crippen LogP contribution in [-0.4, -0.2) is 37.9 Å². The highest BCUT2D eigenvalue weighted by molar-refractivity contribution is 7.99. The predicted molar refractivity (Wildman–Crippen MR) is 110 cm³/mol. The number of thioether (sulfide) groups is 1. The van der Waals surface area contributed by atoms with Gasteiger partial charge in [0.2, 0.25) is 11.5 Å². The summed E-state index contributed by atoms with van der Waals surface area (Å²) in [7, 11) is 3.98. The van der Waals surface area contributed by atoms with Crippen molar-refractivity contribution in [3.63, 3.8) is 0 Å². The zero-order valence-corrected chi connectivity index (χ0v) is 17.6. The van der Waals surface area contributed by atoms with E-state index < -0.39 is 16.5 Å². The van der Waals surface area contributed by atoms with Crippen LogP contribution in [0.15, 0.2) is 29.2 Å². The molecule has 0 bridgehead atoms. The van der Waals surface area contributed by atoms with E-state index in [1.54, 1.807) is 23.9 Å². The van der Waals surface area contributed by atoms with Gasteiger partial charge in [-0.2, -0.15) is 0 Å². The van der Waals surface area contributed by atoms with Gasteiger partial charge in [-0.05, 0) is 30.2 Å². The molecule has 1 aliphatic rings. The van der Waals surface area contributed by atoms with E-state index in [0.29, 0.717) is 11.4 Å². The molecule has 154 valence electrons. The zero-order valence-electron chi connectivity index (χ0n) is 16.0. The average molecular weight is 439 g/mol. The van der Waals surface area contributed by atoms with Crippen LogP contribution < -0.4 is 19.5 Å². The number of nitro benzene ring substituents is 1. The molecule has 2 aromatic carbocycles. The van der Waals surface area contributed by atoms with Gasteiger partial charge in [0.25, 0.3) is 5.91 Å². The Hall–Kier alpha value is -2.65. The van der Waals surface area contributed by atoms with E-state index in [4.69, 9.17) is 25.8 Å². The van der Waals surface area contributed by atoms with Crippen molar-refractivity contribution in [2.45, 2.75) is 17.4 Å². The van der Waals surface area contributed by atoms with Crippen LogP contribution >= 0.6 is 23.4 Å². The number of ether oxygens (including phenoxy) is 3. The lowest BCUT2D eigenvalue weighted by atomic mass is 10.0. The van der Waals surface area contributed by atoms with Crippen LogP contribution in [0.3, 0.4) is 0 Å². The van der Waals surface area contributed by atoms with E-state index in [2.05, 4.69) is 5.32 Å². The second-order valence-corrected chi connectivity index (χ2v) is 7.72. The van der Waals surface area contributed by atoms with Crippen LogP contribution in [0.4, 0.5) is 5.69 Å². The molecule has 1 heterocycles. The Morgan fingerprint density at radius 2 is 1.93 bits per heavy atom.